The van der Waals surface area contributed by atoms with Crippen LogP contribution in [0.5, 0.6) is 0 Å². The van der Waals surface area contributed by atoms with Crippen LogP contribution in [0, 0.1) is 18.6 Å². The third kappa shape index (κ3) is 4.64. The van der Waals surface area contributed by atoms with Crippen molar-refractivity contribution < 1.29 is 22.4 Å². The summed E-state index contributed by atoms with van der Waals surface area (Å²) in [4.78, 5) is 19.4. The van der Waals surface area contributed by atoms with Gasteiger partial charge in [0.25, 0.3) is 11.8 Å². The second kappa shape index (κ2) is 9.27. The second-order valence-electron chi connectivity index (χ2n) is 9.31. The minimum Gasteiger partial charge on any atom is -0.446 e. The van der Waals surface area contributed by atoms with Gasteiger partial charge >= 0.3 is 0 Å². The lowest BCUT2D eigenvalue weighted by atomic mass is 9.94. The topological polar surface area (TPSA) is 111 Å². The highest BCUT2D eigenvalue weighted by molar-refractivity contribution is 5.95. The number of rotatable bonds is 6. The zero-order valence-electron chi connectivity index (χ0n) is 19.9. The summed E-state index contributed by atoms with van der Waals surface area (Å²) in [6.07, 6.45) is 3.39. The van der Waals surface area contributed by atoms with Gasteiger partial charge in [-0.2, -0.15) is 0 Å². The van der Waals surface area contributed by atoms with E-state index in [1.165, 1.54) is 30.3 Å². The first-order valence-corrected chi connectivity index (χ1v) is 11.6. The summed E-state index contributed by atoms with van der Waals surface area (Å²) in [6.45, 7) is 4.06. The number of carbonyl (C=O) groups excluding carboxylic acids is 1. The summed E-state index contributed by atoms with van der Waals surface area (Å²) in [5.41, 5.74) is 7.13. The molecule has 36 heavy (non-hydrogen) atoms. The van der Waals surface area contributed by atoms with Crippen molar-refractivity contribution in [2.24, 2.45) is 5.73 Å². The fourth-order valence-electron chi connectivity index (χ4n) is 4.44. The van der Waals surface area contributed by atoms with Gasteiger partial charge in [0.2, 0.25) is 11.8 Å². The molecule has 4 aromatic rings. The Bertz CT molecular complexity index is 1400. The molecule has 1 amide bonds. The number of halogens is 2. The quantitative estimate of drug-likeness (QED) is 0.414. The maximum absolute atomic E-state index is 14.8. The molecule has 0 bridgehead atoms. The molecule has 3 heterocycles. The van der Waals surface area contributed by atoms with Crippen molar-refractivity contribution >= 4 is 5.91 Å². The molecule has 1 aliphatic heterocycles. The third-order valence-electron chi connectivity index (χ3n) is 6.28. The Morgan fingerprint density at radius 3 is 2.69 bits per heavy atom. The van der Waals surface area contributed by atoms with Gasteiger partial charge in [-0.05, 0) is 69.0 Å². The SMILES string of the molecule is Cc1coc(C2CCCN2C(=O)c2ccc(F)c(-c3nnc(C(C)(N)Cc4ccc(F)cc4)o3)c2)n1. The lowest BCUT2D eigenvalue weighted by Crippen LogP contribution is -2.35. The molecule has 2 atom stereocenters. The highest BCUT2D eigenvalue weighted by Crippen LogP contribution is 2.34. The third-order valence-corrected chi connectivity index (χ3v) is 6.28. The highest BCUT2D eigenvalue weighted by Gasteiger charge is 2.34. The largest absolute Gasteiger partial charge is 0.446 e. The summed E-state index contributed by atoms with van der Waals surface area (Å²) < 4.78 is 39.3. The second-order valence-corrected chi connectivity index (χ2v) is 9.31. The van der Waals surface area contributed by atoms with Crippen LogP contribution in [0.15, 0.2) is 57.6 Å². The zero-order valence-corrected chi connectivity index (χ0v) is 19.9. The number of aryl methyl sites for hydroxylation is 1. The van der Waals surface area contributed by atoms with Gasteiger partial charge in [-0.25, -0.2) is 13.8 Å². The average Bonchev–Trinajstić information content (AvgIpc) is 3.61. The van der Waals surface area contributed by atoms with Crippen molar-refractivity contribution in [3.63, 3.8) is 0 Å². The maximum Gasteiger partial charge on any atom is 0.254 e. The number of nitrogens with zero attached hydrogens (tertiary/aromatic N) is 4. The molecule has 2 N–H and O–H groups in total. The predicted octanol–water partition coefficient (Wildman–Crippen LogP) is 4.71. The molecule has 0 spiro atoms. The van der Waals surface area contributed by atoms with Crippen molar-refractivity contribution in [2.75, 3.05) is 6.54 Å². The van der Waals surface area contributed by atoms with Gasteiger partial charge in [0.05, 0.1) is 16.8 Å². The maximum atomic E-state index is 14.8. The van der Waals surface area contributed by atoms with Crippen LogP contribution in [0.25, 0.3) is 11.5 Å². The molecule has 5 rings (SSSR count). The van der Waals surface area contributed by atoms with Crippen LogP contribution in [0.2, 0.25) is 0 Å². The van der Waals surface area contributed by atoms with Crippen LogP contribution in [-0.2, 0) is 12.0 Å². The Kier molecular flexibility index (Phi) is 6.13. The lowest BCUT2D eigenvalue weighted by Gasteiger charge is -2.22. The Balaban J connectivity index is 1.39. The van der Waals surface area contributed by atoms with Crippen molar-refractivity contribution in [1.82, 2.24) is 20.1 Å². The number of likely N-dealkylation sites (tertiary alicyclic amines) is 1. The van der Waals surface area contributed by atoms with E-state index in [9.17, 15) is 13.6 Å². The minimum atomic E-state index is -1.08. The molecule has 2 aromatic carbocycles. The fourth-order valence-corrected chi connectivity index (χ4v) is 4.44. The summed E-state index contributed by atoms with van der Waals surface area (Å²) >= 11 is 0. The van der Waals surface area contributed by atoms with Crippen LogP contribution in [0.3, 0.4) is 0 Å². The van der Waals surface area contributed by atoms with Crippen molar-refractivity contribution in [2.45, 2.75) is 44.7 Å². The van der Waals surface area contributed by atoms with E-state index >= 15 is 0 Å². The molecule has 8 nitrogen and oxygen atoms in total. The number of oxazole rings is 1. The summed E-state index contributed by atoms with van der Waals surface area (Å²) in [5.74, 6) is -0.732. The fraction of sp³-hybridized carbons (Fsp3) is 0.308. The van der Waals surface area contributed by atoms with Crippen molar-refractivity contribution in [3.8, 4) is 11.5 Å². The van der Waals surface area contributed by atoms with Gasteiger partial charge < -0.3 is 19.5 Å². The molecule has 0 saturated carbocycles. The molecule has 1 aliphatic rings. The first-order valence-electron chi connectivity index (χ1n) is 11.6. The molecule has 2 aromatic heterocycles. The van der Waals surface area contributed by atoms with E-state index in [1.807, 2.05) is 6.92 Å². The van der Waals surface area contributed by atoms with Crippen LogP contribution in [0.1, 0.15) is 59.2 Å². The van der Waals surface area contributed by atoms with E-state index in [2.05, 4.69) is 15.2 Å². The van der Waals surface area contributed by atoms with E-state index in [0.717, 1.165) is 24.1 Å². The van der Waals surface area contributed by atoms with Crippen molar-refractivity contribution in [3.05, 3.63) is 89.0 Å². The number of amides is 1. The number of hydrogen-bond donors (Lipinski definition) is 1. The van der Waals surface area contributed by atoms with Crippen LogP contribution in [0.4, 0.5) is 8.78 Å². The molecular formula is C26H25F2N5O3. The molecule has 0 aliphatic carbocycles. The van der Waals surface area contributed by atoms with Gasteiger partial charge in [-0.15, -0.1) is 10.2 Å². The molecule has 1 fully saturated rings. The Morgan fingerprint density at radius 1 is 1.19 bits per heavy atom. The van der Waals surface area contributed by atoms with Gasteiger partial charge in [0, 0.05) is 12.1 Å². The van der Waals surface area contributed by atoms with E-state index in [1.54, 1.807) is 30.2 Å². The smallest absolute Gasteiger partial charge is 0.254 e. The molecule has 2 unspecified atom stereocenters. The number of hydrogen-bond acceptors (Lipinski definition) is 7. The molecular weight excluding hydrogens is 468 g/mol. The number of carbonyl (C=O) groups is 1. The average molecular weight is 494 g/mol. The van der Waals surface area contributed by atoms with E-state index in [-0.39, 0.29) is 40.7 Å². The summed E-state index contributed by atoms with van der Waals surface area (Å²) in [6, 6.07) is 9.68. The Labute approximate surface area is 206 Å². The van der Waals surface area contributed by atoms with Crippen LogP contribution < -0.4 is 5.73 Å². The van der Waals surface area contributed by atoms with Gasteiger partial charge in [0.15, 0.2) is 0 Å². The molecule has 0 radical (unpaired) electrons. The molecule has 1 saturated heterocycles. The van der Waals surface area contributed by atoms with E-state index < -0.39 is 11.4 Å². The highest BCUT2D eigenvalue weighted by atomic mass is 19.1. The normalized spacial score (nSPS) is 17.4. The standard InChI is InChI=1S/C26H25F2N5O3/c1-15-14-35-23(30-15)21-4-3-11-33(21)24(34)17-7-10-20(28)19(12-17)22-31-32-25(36-22)26(2,29)13-16-5-8-18(27)9-6-16/h5-10,12,14,21H,3-4,11,13,29H2,1-2H3. The molecule has 10 heteroatoms. The molecule has 186 valence electrons. The number of benzene rings is 2. The van der Waals surface area contributed by atoms with Gasteiger partial charge in [-0.3, -0.25) is 4.79 Å². The zero-order chi connectivity index (χ0) is 25.4. The van der Waals surface area contributed by atoms with E-state index in [0.29, 0.717) is 18.9 Å². The lowest BCUT2D eigenvalue weighted by molar-refractivity contribution is 0.0715. The first-order chi connectivity index (χ1) is 17.2. The number of nitrogens with two attached hydrogens (primary N) is 1. The monoisotopic (exact) mass is 493 g/mol. The predicted molar refractivity (Wildman–Crippen MR) is 126 cm³/mol. The Hall–Kier alpha value is -3.92. The van der Waals surface area contributed by atoms with Crippen molar-refractivity contribution in [1.29, 1.82) is 0 Å². The van der Waals surface area contributed by atoms with E-state index in [4.69, 9.17) is 14.6 Å². The van der Waals surface area contributed by atoms with Gasteiger partial charge in [-0.1, -0.05) is 12.1 Å². The van der Waals surface area contributed by atoms with Crippen LogP contribution in [-0.4, -0.2) is 32.5 Å². The van der Waals surface area contributed by atoms with Crippen LogP contribution >= 0.6 is 0 Å². The van der Waals surface area contributed by atoms with Gasteiger partial charge in [0.1, 0.15) is 23.9 Å². The first kappa shape index (κ1) is 23.8. The Morgan fingerprint density at radius 2 is 1.97 bits per heavy atom. The number of aromatic nitrogens is 3. The summed E-state index contributed by atoms with van der Waals surface area (Å²) in [7, 11) is 0. The minimum absolute atomic E-state index is 0.0000952. The summed E-state index contributed by atoms with van der Waals surface area (Å²) in [5, 5.41) is 8.01.